The van der Waals surface area contributed by atoms with Crippen molar-refractivity contribution in [2.45, 2.75) is 65.3 Å². The molecule has 1 aromatic carbocycles. The Kier molecular flexibility index (Phi) is 9.71. The van der Waals surface area contributed by atoms with Gasteiger partial charge >= 0.3 is 0 Å². The average Bonchev–Trinajstić information content (AvgIpc) is 3.11. The lowest BCUT2D eigenvalue weighted by molar-refractivity contribution is -0.120. The Labute approximate surface area is 177 Å². The van der Waals surface area contributed by atoms with Gasteiger partial charge in [-0.05, 0) is 38.0 Å². The van der Waals surface area contributed by atoms with E-state index in [4.69, 9.17) is 16.6 Å². The maximum atomic E-state index is 12.1. The molecular formula is C21H31ClN4OS. The molecule has 0 saturated carbocycles. The molecule has 154 valence electrons. The van der Waals surface area contributed by atoms with Crippen LogP contribution in [0.3, 0.4) is 0 Å². The maximum absolute atomic E-state index is 12.1. The van der Waals surface area contributed by atoms with Gasteiger partial charge in [0.05, 0.1) is 0 Å². The lowest BCUT2D eigenvalue weighted by Gasteiger charge is -2.25. The molecule has 0 aliphatic carbocycles. The zero-order valence-corrected chi connectivity index (χ0v) is 18.7. The van der Waals surface area contributed by atoms with Crippen LogP contribution in [0.1, 0.15) is 64.3 Å². The molecule has 1 N–H and O–H groups in total. The Bertz CT molecular complexity index is 717. The number of unbranched alkanes of at least 4 members (excludes halogenated alkanes) is 3. The van der Waals surface area contributed by atoms with Gasteiger partial charge in [0.1, 0.15) is 5.82 Å². The van der Waals surface area contributed by atoms with E-state index in [1.807, 2.05) is 24.3 Å². The van der Waals surface area contributed by atoms with Crippen LogP contribution in [-0.4, -0.2) is 34.4 Å². The summed E-state index contributed by atoms with van der Waals surface area (Å²) in [4.78, 5) is 19.0. The van der Waals surface area contributed by atoms with Crippen LogP contribution in [0.5, 0.6) is 0 Å². The lowest BCUT2D eigenvalue weighted by atomic mass is 10.1. The third-order valence-electron chi connectivity index (χ3n) is 4.53. The Morgan fingerprint density at radius 3 is 2.64 bits per heavy atom. The monoisotopic (exact) mass is 422 g/mol. The van der Waals surface area contributed by atoms with E-state index in [1.54, 1.807) is 0 Å². The fourth-order valence-electron chi connectivity index (χ4n) is 2.88. The Hall–Kier alpha value is -1.66. The van der Waals surface area contributed by atoms with E-state index in [0.29, 0.717) is 19.4 Å². The maximum Gasteiger partial charge on any atom is 0.221 e. The molecular weight excluding hydrogens is 392 g/mol. The number of hydrogen-bond acceptors (Lipinski definition) is 5. The molecule has 0 radical (unpaired) electrons. The van der Waals surface area contributed by atoms with Crippen molar-refractivity contribution in [1.82, 2.24) is 14.7 Å². The number of hydrogen-bond donors (Lipinski definition) is 1. The normalized spacial score (nSPS) is 11.0. The van der Waals surface area contributed by atoms with Crippen molar-refractivity contribution in [3.8, 4) is 0 Å². The summed E-state index contributed by atoms with van der Waals surface area (Å²) in [5.41, 5.74) is 1.13. The molecule has 28 heavy (non-hydrogen) atoms. The SMILES string of the molecule is CCCCCCNC(=O)CCN(c1nc(Cc2ccc(Cl)cc2)ns1)C(C)C. The first-order valence-corrected chi connectivity index (χ1v) is 11.2. The van der Waals surface area contributed by atoms with Gasteiger partial charge in [-0.15, -0.1) is 0 Å². The molecule has 5 nitrogen and oxygen atoms in total. The molecule has 0 spiro atoms. The molecule has 0 unspecified atom stereocenters. The van der Waals surface area contributed by atoms with E-state index in [0.717, 1.165) is 34.5 Å². The highest BCUT2D eigenvalue weighted by molar-refractivity contribution is 7.09. The van der Waals surface area contributed by atoms with E-state index in [9.17, 15) is 4.79 Å². The smallest absolute Gasteiger partial charge is 0.221 e. The van der Waals surface area contributed by atoms with E-state index in [-0.39, 0.29) is 11.9 Å². The number of carbonyl (C=O) groups excluding carboxylic acids is 1. The van der Waals surface area contributed by atoms with Crippen molar-refractivity contribution in [3.05, 3.63) is 40.7 Å². The van der Waals surface area contributed by atoms with Crippen LogP contribution in [0.15, 0.2) is 24.3 Å². The molecule has 0 saturated heterocycles. The van der Waals surface area contributed by atoms with E-state index < -0.39 is 0 Å². The van der Waals surface area contributed by atoms with Crippen LogP contribution in [0.25, 0.3) is 0 Å². The fraction of sp³-hybridized carbons (Fsp3) is 0.571. The van der Waals surface area contributed by atoms with E-state index >= 15 is 0 Å². The summed E-state index contributed by atoms with van der Waals surface area (Å²) >= 11 is 7.33. The van der Waals surface area contributed by atoms with Crippen molar-refractivity contribution in [2.75, 3.05) is 18.0 Å². The average molecular weight is 423 g/mol. The summed E-state index contributed by atoms with van der Waals surface area (Å²) in [6, 6.07) is 8.01. The second-order valence-corrected chi connectivity index (χ2v) is 8.41. The van der Waals surface area contributed by atoms with Gasteiger partial charge < -0.3 is 10.2 Å². The van der Waals surface area contributed by atoms with Crippen molar-refractivity contribution >= 4 is 34.2 Å². The van der Waals surface area contributed by atoms with Crippen LogP contribution in [0.4, 0.5) is 5.13 Å². The minimum Gasteiger partial charge on any atom is -0.356 e. The first-order valence-electron chi connectivity index (χ1n) is 10.1. The third-order valence-corrected chi connectivity index (χ3v) is 5.58. The summed E-state index contributed by atoms with van der Waals surface area (Å²) in [6.07, 6.45) is 5.81. The van der Waals surface area contributed by atoms with Crippen LogP contribution in [0.2, 0.25) is 5.02 Å². The largest absolute Gasteiger partial charge is 0.356 e. The molecule has 0 bridgehead atoms. The molecule has 0 aliphatic rings. The first kappa shape index (κ1) is 22.6. The van der Waals surface area contributed by atoms with Crippen molar-refractivity contribution < 1.29 is 4.79 Å². The Balaban J connectivity index is 1.85. The van der Waals surface area contributed by atoms with Crippen molar-refractivity contribution in [1.29, 1.82) is 0 Å². The van der Waals surface area contributed by atoms with Crippen LogP contribution in [-0.2, 0) is 11.2 Å². The number of rotatable bonds is 12. The number of benzene rings is 1. The minimum atomic E-state index is 0.105. The van der Waals surface area contributed by atoms with Gasteiger partial charge in [-0.2, -0.15) is 4.37 Å². The van der Waals surface area contributed by atoms with Gasteiger partial charge in [0.15, 0.2) is 0 Å². The second kappa shape index (κ2) is 12.0. The molecule has 1 heterocycles. The summed E-state index contributed by atoms with van der Waals surface area (Å²) in [7, 11) is 0. The standard InChI is InChI=1S/C21H31ClN4OS/c1-4-5-6-7-13-23-20(27)12-14-26(16(2)3)21-24-19(25-28-21)15-17-8-10-18(22)11-9-17/h8-11,16H,4-7,12-15H2,1-3H3,(H,23,27). The van der Waals surface area contributed by atoms with Gasteiger partial charge in [0.2, 0.25) is 11.0 Å². The zero-order valence-electron chi connectivity index (χ0n) is 17.1. The highest BCUT2D eigenvalue weighted by Crippen LogP contribution is 2.22. The van der Waals surface area contributed by atoms with Crippen molar-refractivity contribution in [3.63, 3.8) is 0 Å². The molecule has 7 heteroatoms. The minimum absolute atomic E-state index is 0.105. The summed E-state index contributed by atoms with van der Waals surface area (Å²) in [5, 5.41) is 4.62. The lowest BCUT2D eigenvalue weighted by Crippen LogP contribution is -2.35. The number of anilines is 1. The highest BCUT2D eigenvalue weighted by Gasteiger charge is 2.17. The molecule has 0 fully saturated rings. The summed E-state index contributed by atoms with van der Waals surface area (Å²) in [5.74, 6) is 0.904. The molecule has 1 amide bonds. The third kappa shape index (κ3) is 7.76. The number of halogens is 1. The quantitative estimate of drug-likeness (QED) is 0.484. The Morgan fingerprint density at radius 1 is 1.21 bits per heavy atom. The molecule has 0 atom stereocenters. The number of aromatic nitrogens is 2. The number of nitrogens with one attached hydrogen (secondary N) is 1. The topological polar surface area (TPSA) is 58.1 Å². The van der Waals surface area contributed by atoms with Gasteiger partial charge in [-0.3, -0.25) is 4.79 Å². The fourth-order valence-corrected chi connectivity index (χ4v) is 3.85. The van der Waals surface area contributed by atoms with Crippen LogP contribution in [0, 0.1) is 0 Å². The number of amides is 1. The van der Waals surface area contributed by atoms with E-state index in [2.05, 4.69) is 35.4 Å². The first-order chi connectivity index (χ1) is 13.5. The summed E-state index contributed by atoms with van der Waals surface area (Å²) in [6.45, 7) is 7.83. The molecule has 2 rings (SSSR count). The molecule has 0 aliphatic heterocycles. The highest BCUT2D eigenvalue weighted by atomic mass is 35.5. The van der Waals surface area contributed by atoms with E-state index in [1.165, 1.54) is 30.8 Å². The van der Waals surface area contributed by atoms with Gasteiger partial charge in [0, 0.05) is 48.5 Å². The van der Waals surface area contributed by atoms with Gasteiger partial charge in [0.25, 0.3) is 0 Å². The Morgan fingerprint density at radius 2 is 1.96 bits per heavy atom. The predicted octanol–water partition coefficient (Wildman–Crippen LogP) is 5.08. The second-order valence-electron chi connectivity index (χ2n) is 7.24. The molecule has 2 aromatic rings. The van der Waals surface area contributed by atoms with Crippen molar-refractivity contribution in [2.24, 2.45) is 0 Å². The zero-order chi connectivity index (χ0) is 20.4. The summed E-state index contributed by atoms with van der Waals surface area (Å²) < 4.78 is 4.50. The van der Waals surface area contributed by atoms with Crippen LogP contribution < -0.4 is 10.2 Å². The van der Waals surface area contributed by atoms with Gasteiger partial charge in [-0.1, -0.05) is 49.9 Å². The number of carbonyl (C=O) groups is 1. The van der Waals surface area contributed by atoms with Crippen LogP contribution >= 0.6 is 23.1 Å². The predicted molar refractivity (Wildman–Crippen MR) is 118 cm³/mol. The molecule has 1 aromatic heterocycles. The number of nitrogens with zero attached hydrogens (tertiary/aromatic N) is 3. The van der Waals surface area contributed by atoms with Gasteiger partial charge in [-0.25, -0.2) is 4.98 Å².